The van der Waals surface area contributed by atoms with E-state index >= 15 is 0 Å². The van der Waals surface area contributed by atoms with Gasteiger partial charge < -0.3 is 0 Å². The molecule has 142 valence electrons. The van der Waals surface area contributed by atoms with E-state index in [0.717, 1.165) is 22.5 Å². The van der Waals surface area contributed by atoms with Crippen LogP contribution in [0, 0.1) is 6.92 Å². The maximum absolute atomic E-state index is 12.4. The van der Waals surface area contributed by atoms with Crippen molar-refractivity contribution in [3.63, 3.8) is 0 Å². The number of nitrogens with zero attached hydrogens (tertiary/aromatic N) is 2. The standard InChI is InChI=1S/C17H17N3O4S3/c1-12-6-7-17(25-12)27(23,24)19-11-13-9-14(26(2,21)22)10-16(20-13)15-5-3-4-8-18-15/h3-10,19H,11H2,1-2H3. The van der Waals surface area contributed by atoms with Gasteiger partial charge in [0.1, 0.15) is 4.21 Å². The van der Waals surface area contributed by atoms with Crippen LogP contribution in [0.4, 0.5) is 0 Å². The maximum Gasteiger partial charge on any atom is 0.250 e. The fraction of sp³-hybridized carbons (Fsp3) is 0.176. The molecule has 0 unspecified atom stereocenters. The molecule has 0 saturated heterocycles. The summed E-state index contributed by atoms with van der Waals surface area (Å²) in [5, 5.41) is 0. The number of aryl methyl sites for hydroxylation is 1. The first-order valence-corrected chi connectivity index (χ1v) is 12.0. The van der Waals surface area contributed by atoms with Crippen LogP contribution in [-0.4, -0.2) is 33.1 Å². The van der Waals surface area contributed by atoms with Gasteiger partial charge in [-0.15, -0.1) is 11.3 Å². The van der Waals surface area contributed by atoms with Gasteiger partial charge in [0.15, 0.2) is 9.84 Å². The van der Waals surface area contributed by atoms with Gasteiger partial charge in [0, 0.05) is 17.3 Å². The molecule has 0 aliphatic rings. The van der Waals surface area contributed by atoms with Gasteiger partial charge in [0.2, 0.25) is 10.0 Å². The van der Waals surface area contributed by atoms with E-state index in [1.54, 1.807) is 30.5 Å². The monoisotopic (exact) mass is 423 g/mol. The minimum absolute atomic E-state index is 0.0549. The molecular weight excluding hydrogens is 406 g/mol. The first kappa shape index (κ1) is 19.6. The zero-order chi connectivity index (χ0) is 19.7. The van der Waals surface area contributed by atoms with Gasteiger partial charge in [0.25, 0.3) is 0 Å². The molecule has 0 aromatic carbocycles. The Morgan fingerprint density at radius 3 is 2.41 bits per heavy atom. The Hall–Kier alpha value is -2.14. The number of thiophene rings is 1. The third-order valence-electron chi connectivity index (χ3n) is 3.63. The number of sulfone groups is 1. The lowest BCUT2D eigenvalue weighted by molar-refractivity contribution is 0.582. The van der Waals surface area contributed by atoms with Crippen molar-refractivity contribution in [2.75, 3.05) is 6.26 Å². The van der Waals surface area contributed by atoms with E-state index < -0.39 is 19.9 Å². The molecule has 0 aliphatic carbocycles. The minimum Gasteiger partial charge on any atom is -0.255 e. The largest absolute Gasteiger partial charge is 0.255 e. The average molecular weight is 424 g/mol. The van der Waals surface area contributed by atoms with Crippen molar-refractivity contribution < 1.29 is 16.8 Å². The molecule has 0 aliphatic heterocycles. The summed E-state index contributed by atoms with van der Waals surface area (Å²) in [6, 6.07) is 11.3. The van der Waals surface area contributed by atoms with Crippen LogP contribution >= 0.6 is 11.3 Å². The molecule has 0 fully saturated rings. The Bertz CT molecular complexity index is 1170. The van der Waals surface area contributed by atoms with Crippen LogP contribution in [-0.2, 0) is 26.4 Å². The zero-order valence-corrected chi connectivity index (χ0v) is 17.0. The summed E-state index contributed by atoms with van der Waals surface area (Å²) in [7, 11) is -7.20. The SMILES string of the molecule is Cc1ccc(S(=O)(=O)NCc2cc(S(C)(=O)=O)cc(-c3ccccn3)n2)s1. The van der Waals surface area contributed by atoms with E-state index in [-0.39, 0.29) is 21.3 Å². The number of rotatable bonds is 6. The predicted octanol–water partition coefficient (Wildman–Crippen LogP) is 2.40. The van der Waals surface area contributed by atoms with Crippen LogP contribution in [0.3, 0.4) is 0 Å². The molecule has 10 heteroatoms. The molecule has 0 saturated carbocycles. The third kappa shape index (κ3) is 4.78. The first-order chi connectivity index (χ1) is 12.6. The second-order valence-corrected chi connectivity index (χ2v) is 11.2. The van der Waals surface area contributed by atoms with Crippen molar-refractivity contribution in [1.82, 2.24) is 14.7 Å². The smallest absolute Gasteiger partial charge is 0.250 e. The molecule has 7 nitrogen and oxygen atoms in total. The van der Waals surface area contributed by atoms with Gasteiger partial charge >= 0.3 is 0 Å². The van der Waals surface area contributed by atoms with E-state index in [1.807, 2.05) is 6.92 Å². The number of hydrogen-bond donors (Lipinski definition) is 1. The number of aromatic nitrogens is 2. The van der Waals surface area contributed by atoms with Crippen molar-refractivity contribution in [3.05, 3.63) is 59.2 Å². The van der Waals surface area contributed by atoms with Crippen molar-refractivity contribution in [3.8, 4) is 11.4 Å². The van der Waals surface area contributed by atoms with E-state index in [1.165, 1.54) is 18.2 Å². The Morgan fingerprint density at radius 1 is 1.04 bits per heavy atom. The normalized spacial score (nSPS) is 12.2. The fourth-order valence-electron chi connectivity index (χ4n) is 2.31. The van der Waals surface area contributed by atoms with E-state index in [0.29, 0.717) is 11.4 Å². The lowest BCUT2D eigenvalue weighted by Crippen LogP contribution is -2.23. The molecule has 3 aromatic heterocycles. The van der Waals surface area contributed by atoms with Crippen LogP contribution < -0.4 is 4.72 Å². The third-order valence-corrected chi connectivity index (χ3v) is 7.62. The zero-order valence-electron chi connectivity index (χ0n) is 14.6. The Labute approximate surface area is 162 Å². The molecule has 0 bridgehead atoms. The summed E-state index contributed by atoms with van der Waals surface area (Å²) in [6.45, 7) is 1.68. The molecule has 3 heterocycles. The summed E-state index contributed by atoms with van der Waals surface area (Å²) in [6.07, 6.45) is 2.67. The fourth-order valence-corrected chi connectivity index (χ4v) is 5.31. The number of pyridine rings is 2. The summed E-state index contributed by atoms with van der Waals surface area (Å²) in [5.74, 6) is 0. The van der Waals surface area contributed by atoms with Crippen molar-refractivity contribution >= 4 is 31.2 Å². The molecule has 1 N–H and O–H groups in total. The Kier molecular flexibility index (Phi) is 5.43. The average Bonchev–Trinajstić information content (AvgIpc) is 3.07. The van der Waals surface area contributed by atoms with Crippen molar-refractivity contribution in [2.24, 2.45) is 0 Å². The molecule has 0 atom stereocenters. The molecule has 0 radical (unpaired) electrons. The molecule has 27 heavy (non-hydrogen) atoms. The summed E-state index contributed by atoms with van der Waals surface area (Å²) in [5.41, 5.74) is 1.15. The van der Waals surface area contributed by atoms with Crippen LogP contribution in [0.15, 0.2) is 57.8 Å². The number of nitrogens with one attached hydrogen (secondary N) is 1. The van der Waals surface area contributed by atoms with Crippen LogP contribution in [0.1, 0.15) is 10.6 Å². The lowest BCUT2D eigenvalue weighted by Gasteiger charge is -2.09. The lowest BCUT2D eigenvalue weighted by atomic mass is 10.2. The highest BCUT2D eigenvalue weighted by Gasteiger charge is 2.18. The molecule has 0 amide bonds. The Balaban J connectivity index is 1.95. The van der Waals surface area contributed by atoms with Gasteiger partial charge in [-0.1, -0.05) is 6.07 Å². The first-order valence-electron chi connectivity index (χ1n) is 7.84. The summed E-state index contributed by atoms with van der Waals surface area (Å²) in [4.78, 5) is 9.48. The molecule has 0 spiro atoms. The van der Waals surface area contributed by atoms with Crippen LogP contribution in [0.25, 0.3) is 11.4 Å². The summed E-state index contributed by atoms with van der Waals surface area (Å²) < 4.78 is 51.5. The maximum atomic E-state index is 12.4. The van der Waals surface area contributed by atoms with E-state index in [2.05, 4.69) is 14.7 Å². The van der Waals surface area contributed by atoms with Gasteiger partial charge in [-0.3, -0.25) is 4.98 Å². The van der Waals surface area contributed by atoms with Crippen molar-refractivity contribution in [2.45, 2.75) is 22.6 Å². The van der Waals surface area contributed by atoms with E-state index in [9.17, 15) is 16.8 Å². The van der Waals surface area contributed by atoms with Crippen LogP contribution in [0.2, 0.25) is 0 Å². The molecule has 3 aromatic rings. The van der Waals surface area contributed by atoms with Gasteiger partial charge in [0.05, 0.1) is 28.5 Å². The minimum atomic E-state index is -3.70. The highest BCUT2D eigenvalue weighted by molar-refractivity contribution is 7.91. The number of hydrogen-bond acceptors (Lipinski definition) is 7. The van der Waals surface area contributed by atoms with Gasteiger partial charge in [-0.25, -0.2) is 26.5 Å². The Morgan fingerprint density at radius 2 is 1.81 bits per heavy atom. The second kappa shape index (κ2) is 7.47. The van der Waals surface area contributed by atoms with Gasteiger partial charge in [-0.2, -0.15) is 0 Å². The second-order valence-electron chi connectivity index (χ2n) is 5.86. The molecular formula is C17H17N3O4S3. The van der Waals surface area contributed by atoms with E-state index in [4.69, 9.17) is 0 Å². The van der Waals surface area contributed by atoms with Gasteiger partial charge in [-0.05, 0) is 43.3 Å². The van der Waals surface area contributed by atoms with Crippen LogP contribution in [0.5, 0.6) is 0 Å². The highest BCUT2D eigenvalue weighted by Crippen LogP contribution is 2.22. The summed E-state index contributed by atoms with van der Waals surface area (Å²) >= 11 is 1.16. The predicted molar refractivity (Wildman–Crippen MR) is 104 cm³/mol. The van der Waals surface area contributed by atoms with Crippen molar-refractivity contribution in [1.29, 1.82) is 0 Å². The number of sulfonamides is 1. The highest BCUT2D eigenvalue weighted by atomic mass is 32.2. The molecule has 3 rings (SSSR count). The quantitative estimate of drug-likeness (QED) is 0.652. The topological polar surface area (TPSA) is 106 Å².